The highest BCUT2D eigenvalue weighted by molar-refractivity contribution is 5.66. The summed E-state index contributed by atoms with van der Waals surface area (Å²) >= 11 is 0. The van der Waals surface area contributed by atoms with Crippen molar-refractivity contribution in [1.82, 2.24) is 4.98 Å². The maximum atomic E-state index is 9.37. The Bertz CT molecular complexity index is 250. The average molecular weight is 196 g/mol. The molecule has 0 atom stereocenters. The predicted molar refractivity (Wildman–Crippen MR) is 56.3 cm³/mol. The third-order valence-corrected chi connectivity index (χ3v) is 1.34. The van der Waals surface area contributed by atoms with Crippen LogP contribution < -0.4 is 5.32 Å². The molecular weight excluding hydrogens is 180 g/mol. The molecule has 0 bridgehead atoms. The van der Waals surface area contributed by atoms with Crippen LogP contribution in [0.25, 0.3) is 0 Å². The zero-order valence-electron chi connectivity index (χ0n) is 8.53. The van der Waals surface area contributed by atoms with Gasteiger partial charge < -0.3 is 10.4 Å². The lowest BCUT2D eigenvalue weighted by Crippen LogP contribution is -1.95. The van der Waals surface area contributed by atoms with Crippen molar-refractivity contribution in [2.45, 2.75) is 20.3 Å². The van der Waals surface area contributed by atoms with Gasteiger partial charge in [-0.25, -0.2) is 0 Å². The summed E-state index contributed by atoms with van der Waals surface area (Å²) in [5, 5.41) is 10.9. The molecule has 1 aromatic heterocycles. The summed E-state index contributed by atoms with van der Waals surface area (Å²) in [7, 11) is 0. The molecule has 4 nitrogen and oxygen atoms in total. The minimum atomic E-state index is -0.745. The second-order valence-electron chi connectivity index (χ2n) is 2.52. The van der Waals surface area contributed by atoms with Crippen LogP contribution in [0.15, 0.2) is 24.5 Å². The van der Waals surface area contributed by atoms with Gasteiger partial charge in [0.15, 0.2) is 0 Å². The molecule has 0 amide bonds. The minimum Gasteiger partial charge on any atom is -0.481 e. The number of carbonyl (C=O) groups is 1. The third-order valence-electron chi connectivity index (χ3n) is 1.34. The fourth-order valence-corrected chi connectivity index (χ4v) is 0.671. The topological polar surface area (TPSA) is 62.2 Å². The number of aliphatic carboxylic acids is 1. The van der Waals surface area contributed by atoms with Gasteiger partial charge in [-0.05, 0) is 19.1 Å². The number of nitrogens with zero attached hydrogens (tertiary/aromatic N) is 1. The van der Waals surface area contributed by atoms with Crippen molar-refractivity contribution in [3.05, 3.63) is 24.5 Å². The van der Waals surface area contributed by atoms with Crippen LogP contribution in [0.1, 0.15) is 20.3 Å². The maximum Gasteiger partial charge on any atom is 0.303 e. The van der Waals surface area contributed by atoms with E-state index in [0.717, 1.165) is 12.2 Å². The molecule has 78 valence electrons. The van der Waals surface area contributed by atoms with Crippen LogP contribution in [0.3, 0.4) is 0 Å². The molecular formula is C10H16N2O2. The Balaban J connectivity index is 0.000000292. The van der Waals surface area contributed by atoms with Crippen LogP contribution in [0.2, 0.25) is 0 Å². The Morgan fingerprint density at radius 3 is 2.57 bits per heavy atom. The van der Waals surface area contributed by atoms with E-state index in [1.807, 2.05) is 18.3 Å². The third kappa shape index (κ3) is 7.09. The Morgan fingerprint density at radius 1 is 1.57 bits per heavy atom. The molecule has 2 N–H and O–H groups in total. The van der Waals surface area contributed by atoms with Crippen molar-refractivity contribution in [3.8, 4) is 0 Å². The monoisotopic (exact) mass is 196 g/mol. The standard InChI is InChI=1S/C7H10N2.C3H6O2/c1-2-9-7-4-3-5-8-6-7;1-2-3(4)5/h3-6,9H,2H2,1H3;2H2,1H3,(H,4,5). The molecule has 0 unspecified atom stereocenters. The first-order valence-electron chi connectivity index (χ1n) is 4.56. The van der Waals surface area contributed by atoms with Crippen LogP contribution in [-0.2, 0) is 4.79 Å². The summed E-state index contributed by atoms with van der Waals surface area (Å²) in [6.45, 7) is 4.61. The number of carboxylic acids is 1. The van der Waals surface area contributed by atoms with Gasteiger partial charge in [-0.2, -0.15) is 0 Å². The average Bonchev–Trinajstić information content (AvgIpc) is 2.21. The molecule has 14 heavy (non-hydrogen) atoms. The van der Waals surface area contributed by atoms with Crippen molar-refractivity contribution in [3.63, 3.8) is 0 Å². The first-order valence-corrected chi connectivity index (χ1v) is 4.56. The highest BCUT2D eigenvalue weighted by atomic mass is 16.4. The Kier molecular flexibility index (Phi) is 7.13. The number of hydrogen-bond acceptors (Lipinski definition) is 3. The molecule has 0 aliphatic rings. The van der Waals surface area contributed by atoms with Crippen LogP contribution in [0.5, 0.6) is 0 Å². The molecule has 0 saturated carbocycles. The van der Waals surface area contributed by atoms with Gasteiger partial charge in [0.2, 0.25) is 0 Å². The van der Waals surface area contributed by atoms with Crippen LogP contribution >= 0.6 is 0 Å². The lowest BCUT2D eigenvalue weighted by molar-refractivity contribution is -0.136. The normalized spacial score (nSPS) is 8.43. The molecule has 0 aliphatic heterocycles. The smallest absolute Gasteiger partial charge is 0.303 e. The number of anilines is 1. The summed E-state index contributed by atoms with van der Waals surface area (Å²) in [6.07, 6.45) is 3.80. The zero-order valence-corrected chi connectivity index (χ0v) is 8.53. The number of nitrogens with one attached hydrogen (secondary N) is 1. The van der Waals surface area contributed by atoms with E-state index in [9.17, 15) is 4.79 Å². The lowest BCUT2D eigenvalue weighted by Gasteiger charge is -1.98. The first kappa shape index (κ1) is 12.4. The van der Waals surface area contributed by atoms with Crippen LogP contribution in [0, 0.1) is 0 Å². The number of carboxylic acid groups (broad SMARTS) is 1. The molecule has 0 saturated heterocycles. The summed E-state index contributed by atoms with van der Waals surface area (Å²) in [6, 6.07) is 3.91. The molecule has 4 heteroatoms. The second kappa shape index (κ2) is 8.04. The fraction of sp³-hybridized carbons (Fsp3) is 0.400. The maximum absolute atomic E-state index is 9.37. The molecule has 0 radical (unpaired) electrons. The highest BCUT2D eigenvalue weighted by Gasteiger charge is 1.82. The number of hydrogen-bond donors (Lipinski definition) is 2. The van der Waals surface area contributed by atoms with Crippen LogP contribution in [-0.4, -0.2) is 22.6 Å². The molecule has 1 aromatic rings. The van der Waals surface area contributed by atoms with Crippen molar-refractivity contribution < 1.29 is 9.90 Å². The van der Waals surface area contributed by atoms with E-state index in [0.29, 0.717) is 0 Å². The van der Waals surface area contributed by atoms with E-state index in [1.54, 1.807) is 13.1 Å². The number of aromatic nitrogens is 1. The molecule has 1 rings (SSSR count). The van der Waals surface area contributed by atoms with Crippen molar-refractivity contribution in [2.75, 3.05) is 11.9 Å². The molecule has 0 spiro atoms. The second-order valence-corrected chi connectivity index (χ2v) is 2.52. The van der Waals surface area contributed by atoms with Gasteiger partial charge in [0, 0.05) is 25.4 Å². The van der Waals surface area contributed by atoms with Crippen LogP contribution in [0.4, 0.5) is 5.69 Å². The minimum absolute atomic E-state index is 0.222. The molecule has 0 aliphatic carbocycles. The van der Waals surface area contributed by atoms with Crippen molar-refractivity contribution in [1.29, 1.82) is 0 Å². The quantitative estimate of drug-likeness (QED) is 0.776. The molecule has 0 fully saturated rings. The van der Waals surface area contributed by atoms with E-state index in [-0.39, 0.29) is 6.42 Å². The van der Waals surface area contributed by atoms with Crippen molar-refractivity contribution >= 4 is 11.7 Å². The summed E-state index contributed by atoms with van der Waals surface area (Å²) in [5.41, 5.74) is 1.08. The van der Waals surface area contributed by atoms with Crippen molar-refractivity contribution in [2.24, 2.45) is 0 Å². The Morgan fingerprint density at radius 2 is 2.21 bits per heavy atom. The lowest BCUT2D eigenvalue weighted by atomic mass is 10.4. The number of pyridine rings is 1. The summed E-state index contributed by atoms with van der Waals surface area (Å²) < 4.78 is 0. The Labute approximate surface area is 84.0 Å². The SMILES string of the molecule is CCC(=O)O.CCNc1cccnc1. The van der Waals surface area contributed by atoms with Gasteiger partial charge in [0.1, 0.15) is 0 Å². The Hall–Kier alpha value is -1.58. The van der Waals surface area contributed by atoms with E-state index in [1.165, 1.54) is 0 Å². The van der Waals surface area contributed by atoms with Gasteiger partial charge in [0.05, 0.1) is 5.69 Å². The summed E-state index contributed by atoms with van der Waals surface area (Å²) in [4.78, 5) is 13.3. The van der Waals surface area contributed by atoms with E-state index < -0.39 is 5.97 Å². The molecule has 1 heterocycles. The van der Waals surface area contributed by atoms with Gasteiger partial charge in [0.25, 0.3) is 0 Å². The van der Waals surface area contributed by atoms with Gasteiger partial charge in [-0.15, -0.1) is 0 Å². The molecule has 0 aromatic carbocycles. The first-order chi connectivity index (χ1) is 6.70. The number of rotatable bonds is 3. The van der Waals surface area contributed by atoms with Gasteiger partial charge in [-0.3, -0.25) is 9.78 Å². The predicted octanol–water partition coefficient (Wildman–Crippen LogP) is 1.99. The fourth-order valence-electron chi connectivity index (χ4n) is 0.671. The summed E-state index contributed by atoms with van der Waals surface area (Å²) in [5.74, 6) is -0.745. The zero-order chi connectivity index (χ0) is 10.8. The van der Waals surface area contributed by atoms with E-state index in [2.05, 4.69) is 17.2 Å². The van der Waals surface area contributed by atoms with E-state index >= 15 is 0 Å². The largest absolute Gasteiger partial charge is 0.481 e. The van der Waals surface area contributed by atoms with E-state index in [4.69, 9.17) is 5.11 Å². The highest BCUT2D eigenvalue weighted by Crippen LogP contribution is 2.00. The van der Waals surface area contributed by atoms with Gasteiger partial charge >= 0.3 is 5.97 Å². The van der Waals surface area contributed by atoms with Gasteiger partial charge in [-0.1, -0.05) is 6.92 Å².